The molecule has 2 aromatic rings. The minimum Gasteiger partial charge on any atom is -0.391 e. The van der Waals surface area contributed by atoms with Gasteiger partial charge in [0.1, 0.15) is 0 Å². The molecule has 1 saturated heterocycles. The molecule has 4 nitrogen and oxygen atoms in total. The van der Waals surface area contributed by atoms with Crippen LogP contribution < -0.4 is 0 Å². The van der Waals surface area contributed by atoms with Gasteiger partial charge in [0.15, 0.2) is 0 Å². The molecule has 0 spiro atoms. The molecular formula is C14H19N3OS. The van der Waals surface area contributed by atoms with E-state index in [0.29, 0.717) is 0 Å². The van der Waals surface area contributed by atoms with Gasteiger partial charge in [-0.1, -0.05) is 0 Å². The van der Waals surface area contributed by atoms with E-state index in [1.807, 2.05) is 24.1 Å². The van der Waals surface area contributed by atoms with E-state index in [-0.39, 0.29) is 12.1 Å². The number of thiophene rings is 1. The summed E-state index contributed by atoms with van der Waals surface area (Å²) >= 11 is 1.73. The van der Waals surface area contributed by atoms with Gasteiger partial charge in [-0.15, -0.1) is 0 Å². The van der Waals surface area contributed by atoms with Crippen molar-refractivity contribution >= 4 is 11.3 Å². The van der Waals surface area contributed by atoms with Crippen molar-refractivity contribution in [2.75, 3.05) is 6.54 Å². The van der Waals surface area contributed by atoms with E-state index in [2.05, 4.69) is 26.8 Å². The van der Waals surface area contributed by atoms with Crippen LogP contribution in [0.25, 0.3) is 0 Å². The standard InChI is InChI=1S/C14H19N3OS/c1-16-8-12(7-15-16)6-13-14(18)2-4-17(13)9-11-3-5-19-10-11/h3,5,7-8,10,13-14,18H,2,4,6,9H2,1H3/t13-,14+/m0/s1. The molecule has 0 saturated carbocycles. The Bertz CT molecular complexity index is 523. The largest absolute Gasteiger partial charge is 0.391 e. The number of aryl methyl sites for hydroxylation is 1. The summed E-state index contributed by atoms with van der Waals surface area (Å²) in [5.74, 6) is 0. The molecule has 1 fully saturated rings. The molecule has 1 aliphatic heterocycles. The summed E-state index contributed by atoms with van der Waals surface area (Å²) in [7, 11) is 1.93. The zero-order valence-electron chi connectivity index (χ0n) is 11.1. The highest BCUT2D eigenvalue weighted by atomic mass is 32.1. The molecule has 0 bridgehead atoms. The Balaban J connectivity index is 1.69. The number of hydrogen-bond acceptors (Lipinski definition) is 4. The second kappa shape index (κ2) is 5.45. The molecule has 0 aliphatic carbocycles. The molecule has 0 unspecified atom stereocenters. The molecule has 5 heteroatoms. The fourth-order valence-corrected chi connectivity index (χ4v) is 3.46. The third kappa shape index (κ3) is 2.88. The van der Waals surface area contributed by atoms with Crippen LogP contribution in [0.15, 0.2) is 29.2 Å². The molecule has 0 radical (unpaired) electrons. The summed E-state index contributed by atoms with van der Waals surface area (Å²) in [6, 6.07) is 2.38. The lowest BCUT2D eigenvalue weighted by molar-refractivity contribution is 0.112. The van der Waals surface area contributed by atoms with Gasteiger partial charge in [0.25, 0.3) is 0 Å². The Morgan fingerprint density at radius 3 is 3.05 bits per heavy atom. The van der Waals surface area contributed by atoms with Crippen molar-refractivity contribution in [2.24, 2.45) is 7.05 Å². The quantitative estimate of drug-likeness (QED) is 0.924. The minimum absolute atomic E-state index is 0.212. The molecule has 2 aromatic heterocycles. The Morgan fingerprint density at radius 2 is 2.37 bits per heavy atom. The predicted molar refractivity (Wildman–Crippen MR) is 76.1 cm³/mol. The maximum atomic E-state index is 10.2. The summed E-state index contributed by atoms with van der Waals surface area (Å²) in [4.78, 5) is 2.39. The smallest absolute Gasteiger partial charge is 0.0711 e. The first-order chi connectivity index (χ1) is 9.22. The van der Waals surface area contributed by atoms with Crippen molar-refractivity contribution < 1.29 is 5.11 Å². The molecule has 0 amide bonds. The molecule has 19 heavy (non-hydrogen) atoms. The van der Waals surface area contributed by atoms with E-state index in [1.165, 1.54) is 11.1 Å². The van der Waals surface area contributed by atoms with Gasteiger partial charge >= 0.3 is 0 Å². The van der Waals surface area contributed by atoms with Crippen LogP contribution in [-0.4, -0.2) is 38.5 Å². The second-order valence-corrected chi connectivity index (χ2v) is 6.03. The van der Waals surface area contributed by atoms with E-state index in [1.54, 1.807) is 11.3 Å². The summed E-state index contributed by atoms with van der Waals surface area (Å²) in [6.07, 6.45) is 5.45. The number of aromatic nitrogens is 2. The average molecular weight is 277 g/mol. The first kappa shape index (κ1) is 12.8. The van der Waals surface area contributed by atoms with Gasteiger partial charge in [-0.2, -0.15) is 16.4 Å². The zero-order chi connectivity index (χ0) is 13.2. The van der Waals surface area contributed by atoms with E-state index in [9.17, 15) is 5.11 Å². The lowest BCUT2D eigenvalue weighted by atomic mass is 10.0. The van der Waals surface area contributed by atoms with Gasteiger partial charge in [-0.25, -0.2) is 0 Å². The van der Waals surface area contributed by atoms with E-state index >= 15 is 0 Å². The van der Waals surface area contributed by atoms with Crippen LogP contribution in [0, 0.1) is 0 Å². The van der Waals surface area contributed by atoms with Gasteiger partial charge in [-0.3, -0.25) is 9.58 Å². The van der Waals surface area contributed by atoms with Crippen LogP contribution in [-0.2, 0) is 20.0 Å². The predicted octanol–water partition coefficient (Wildman–Crippen LogP) is 1.66. The first-order valence-corrected chi connectivity index (χ1v) is 7.57. The van der Waals surface area contributed by atoms with Crippen LogP contribution in [0.4, 0.5) is 0 Å². The topological polar surface area (TPSA) is 41.3 Å². The van der Waals surface area contributed by atoms with Crippen molar-refractivity contribution in [3.8, 4) is 0 Å². The van der Waals surface area contributed by atoms with Crippen molar-refractivity contribution in [1.29, 1.82) is 0 Å². The van der Waals surface area contributed by atoms with Crippen molar-refractivity contribution in [2.45, 2.75) is 31.5 Å². The highest BCUT2D eigenvalue weighted by Gasteiger charge is 2.32. The van der Waals surface area contributed by atoms with E-state index in [0.717, 1.165) is 25.9 Å². The normalized spacial score (nSPS) is 24.1. The maximum absolute atomic E-state index is 10.2. The Hall–Kier alpha value is -1.17. The number of hydrogen-bond donors (Lipinski definition) is 1. The summed E-state index contributed by atoms with van der Waals surface area (Å²) in [5.41, 5.74) is 2.54. The molecule has 1 aliphatic rings. The first-order valence-electron chi connectivity index (χ1n) is 6.63. The fraction of sp³-hybridized carbons (Fsp3) is 0.500. The number of aliphatic hydroxyl groups excluding tert-OH is 1. The highest BCUT2D eigenvalue weighted by Crippen LogP contribution is 2.24. The SMILES string of the molecule is Cn1cc(C[C@H]2[C@H](O)CCN2Cc2ccsc2)cn1. The molecule has 2 atom stereocenters. The monoisotopic (exact) mass is 277 g/mol. The molecule has 0 aromatic carbocycles. The summed E-state index contributed by atoms with van der Waals surface area (Å²) < 4.78 is 1.82. The number of rotatable bonds is 4. The molecule has 1 N–H and O–H groups in total. The molecule has 3 heterocycles. The van der Waals surface area contributed by atoms with Gasteiger partial charge < -0.3 is 5.11 Å². The van der Waals surface area contributed by atoms with Crippen molar-refractivity contribution in [1.82, 2.24) is 14.7 Å². The third-order valence-electron chi connectivity index (χ3n) is 3.79. The lowest BCUT2D eigenvalue weighted by Crippen LogP contribution is -2.36. The van der Waals surface area contributed by atoms with Crippen LogP contribution in [0.2, 0.25) is 0 Å². The second-order valence-electron chi connectivity index (χ2n) is 5.25. The highest BCUT2D eigenvalue weighted by molar-refractivity contribution is 7.07. The van der Waals surface area contributed by atoms with E-state index < -0.39 is 0 Å². The van der Waals surface area contributed by atoms with Crippen LogP contribution in [0.1, 0.15) is 17.5 Å². The van der Waals surface area contributed by atoms with Gasteiger partial charge in [0.05, 0.1) is 12.3 Å². The Kier molecular flexibility index (Phi) is 3.68. The fourth-order valence-electron chi connectivity index (χ4n) is 2.80. The van der Waals surface area contributed by atoms with Crippen LogP contribution in [0.3, 0.4) is 0 Å². The van der Waals surface area contributed by atoms with Gasteiger partial charge in [-0.05, 0) is 40.8 Å². The van der Waals surface area contributed by atoms with Gasteiger partial charge in [0.2, 0.25) is 0 Å². The summed E-state index contributed by atoms with van der Waals surface area (Å²) in [6.45, 7) is 1.91. The Labute approximate surface area is 117 Å². The average Bonchev–Trinajstić information content (AvgIpc) is 3.08. The van der Waals surface area contributed by atoms with Crippen LogP contribution in [0.5, 0.6) is 0 Å². The lowest BCUT2D eigenvalue weighted by Gasteiger charge is -2.25. The molecule has 3 rings (SSSR count). The van der Waals surface area contributed by atoms with Crippen molar-refractivity contribution in [3.05, 3.63) is 40.3 Å². The van der Waals surface area contributed by atoms with E-state index in [4.69, 9.17) is 0 Å². The van der Waals surface area contributed by atoms with Gasteiger partial charge in [0, 0.05) is 32.4 Å². The number of likely N-dealkylation sites (tertiary alicyclic amines) is 1. The molecular weight excluding hydrogens is 258 g/mol. The third-order valence-corrected chi connectivity index (χ3v) is 4.53. The molecule has 102 valence electrons. The van der Waals surface area contributed by atoms with Crippen molar-refractivity contribution in [3.63, 3.8) is 0 Å². The minimum atomic E-state index is -0.223. The maximum Gasteiger partial charge on any atom is 0.0711 e. The van der Waals surface area contributed by atoms with Crippen LogP contribution >= 0.6 is 11.3 Å². The number of nitrogens with zero attached hydrogens (tertiary/aromatic N) is 3. The Morgan fingerprint density at radius 1 is 1.47 bits per heavy atom. The number of aliphatic hydroxyl groups is 1. The zero-order valence-corrected chi connectivity index (χ0v) is 11.9. The summed E-state index contributed by atoms with van der Waals surface area (Å²) in [5, 5.41) is 18.7.